The summed E-state index contributed by atoms with van der Waals surface area (Å²) < 4.78 is 0. The van der Waals surface area contributed by atoms with Gasteiger partial charge in [-0.1, -0.05) is 50.6 Å². The Balaban J connectivity index is 1.95. The van der Waals surface area contributed by atoms with Gasteiger partial charge in [-0.15, -0.1) is 0 Å². The van der Waals surface area contributed by atoms with Crippen LogP contribution < -0.4 is 5.69 Å². The molecule has 1 amide bonds. The molecule has 140 valence electrons. The average molecular weight is 357 g/mol. The highest BCUT2D eigenvalue weighted by Crippen LogP contribution is 2.44. The first-order valence-electron chi connectivity index (χ1n) is 9.37. The molecule has 26 heavy (non-hydrogen) atoms. The number of likely N-dealkylation sites (tertiary alicyclic amines) is 1. The Morgan fingerprint density at radius 2 is 2.04 bits per heavy atom. The predicted molar refractivity (Wildman–Crippen MR) is 99.9 cm³/mol. The van der Waals surface area contributed by atoms with Crippen molar-refractivity contribution >= 4 is 5.91 Å². The molecule has 1 aromatic heterocycles. The fourth-order valence-electron chi connectivity index (χ4n) is 4.36. The number of nitrogens with one attached hydrogen (secondary N) is 2. The monoisotopic (exact) mass is 357 g/mol. The molecule has 0 aliphatic carbocycles. The third kappa shape index (κ3) is 3.21. The number of carbonyl (C=O) groups excluding carboxylic acids is 1. The summed E-state index contributed by atoms with van der Waals surface area (Å²) in [4.78, 5) is 31.2. The zero-order valence-corrected chi connectivity index (χ0v) is 15.4. The van der Waals surface area contributed by atoms with Gasteiger partial charge in [0.1, 0.15) is 5.69 Å². The van der Waals surface area contributed by atoms with Crippen LogP contribution in [-0.2, 0) is 5.60 Å². The topological polar surface area (TPSA) is 89.2 Å². The van der Waals surface area contributed by atoms with Crippen molar-refractivity contribution in [3.8, 4) is 0 Å². The van der Waals surface area contributed by atoms with Crippen LogP contribution in [0.5, 0.6) is 0 Å². The van der Waals surface area contributed by atoms with E-state index in [1.54, 1.807) is 0 Å². The van der Waals surface area contributed by atoms with Crippen LogP contribution in [0.15, 0.2) is 41.3 Å². The van der Waals surface area contributed by atoms with E-state index in [1.165, 1.54) is 6.20 Å². The molecule has 0 spiro atoms. The van der Waals surface area contributed by atoms with Crippen molar-refractivity contribution < 1.29 is 9.90 Å². The van der Waals surface area contributed by atoms with Crippen molar-refractivity contribution in [3.63, 3.8) is 0 Å². The van der Waals surface area contributed by atoms with E-state index in [4.69, 9.17) is 0 Å². The Kier molecular flexibility index (Phi) is 5.32. The Bertz CT molecular complexity index is 798. The van der Waals surface area contributed by atoms with E-state index in [0.29, 0.717) is 13.0 Å². The highest BCUT2D eigenvalue weighted by molar-refractivity contribution is 5.92. The summed E-state index contributed by atoms with van der Waals surface area (Å²) in [6.45, 7) is 4.60. The van der Waals surface area contributed by atoms with Gasteiger partial charge in [0.25, 0.3) is 5.91 Å². The molecular formula is C20H27N3O3. The van der Waals surface area contributed by atoms with Crippen LogP contribution in [0.2, 0.25) is 0 Å². The number of imidazole rings is 1. The standard InChI is InChI=1S/C20H27N3O3/c1-3-8-15-17(4-2)23(18(24)16-13-21-19(25)22-16)12-11-20(15,26)14-9-6-5-7-10-14/h5-7,9-10,13,15,17,26H,3-4,8,11-12H2,1-2H3,(H2,21,22,25)/t15-,17+,20-/m1/s1. The van der Waals surface area contributed by atoms with E-state index in [9.17, 15) is 14.7 Å². The third-order valence-electron chi connectivity index (χ3n) is 5.59. The lowest BCUT2D eigenvalue weighted by molar-refractivity contribution is -0.101. The minimum absolute atomic E-state index is 0.0525. The second-order valence-electron chi connectivity index (χ2n) is 7.07. The van der Waals surface area contributed by atoms with Crippen molar-refractivity contribution in [2.24, 2.45) is 5.92 Å². The molecular weight excluding hydrogens is 330 g/mol. The first kappa shape index (κ1) is 18.5. The molecule has 3 rings (SSSR count). The zero-order valence-electron chi connectivity index (χ0n) is 15.4. The normalized spacial score (nSPS) is 26.0. The van der Waals surface area contributed by atoms with Gasteiger partial charge in [0, 0.05) is 24.7 Å². The number of carbonyl (C=O) groups is 1. The summed E-state index contributed by atoms with van der Waals surface area (Å²) in [5.41, 5.74) is -0.141. The minimum atomic E-state index is -0.944. The molecule has 1 fully saturated rings. The van der Waals surface area contributed by atoms with Crippen molar-refractivity contribution in [3.05, 3.63) is 58.3 Å². The molecule has 1 aliphatic rings. The first-order valence-corrected chi connectivity index (χ1v) is 9.37. The van der Waals surface area contributed by atoms with E-state index < -0.39 is 5.60 Å². The van der Waals surface area contributed by atoms with E-state index >= 15 is 0 Å². The molecule has 0 bridgehead atoms. The quantitative estimate of drug-likeness (QED) is 0.768. The van der Waals surface area contributed by atoms with Gasteiger partial charge >= 0.3 is 5.69 Å². The molecule has 1 aliphatic heterocycles. The van der Waals surface area contributed by atoms with Gasteiger partial charge in [-0.05, 0) is 24.8 Å². The number of nitrogens with zero attached hydrogens (tertiary/aromatic N) is 1. The molecule has 1 aromatic carbocycles. The number of benzene rings is 1. The van der Waals surface area contributed by atoms with Crippen LogP contribution in [0, 0.1) is 5.92 Å². The Hall–Kier alpha value is -2.34. The predicted octanol–water partition coefficient (Wildman–Crippen LogP) is 2.63. The highest BCUT2D eigenvalue weighted by atomic mass is 16.3. The summed E-state index contributed by atoms with van der Waals surface area (Å²) >= 11 is 0. The van der Waals surface area contributed by atoms with Crippen LogP contribution >= 0.6 is 0 Å². The molecule has 2 heterocycles. The van der Waals surface area contributed by atoms with Crippen molar-refractivity contribution in [2.45, 2.75) is 51.2 Å². The van der Waals surface area contributed by atoms with Gasteiger partial charge < -0.3 is 20.0 Å². The second kappa shape index (κ2) is 7.50. The number of hydrogen-bond donors (Lipinski definition) is 3. The Morgan fingerprint density at radius 3 is 2.62 bits per heavy atom. The molecule has 6 heteroatoms. The second-order valence-corrected chi connectivity index (χ2v) is 7.07. The van der Waals surface area contributed by atoms with Crippen molar-refractivity contribution in [1.29, 1.82) is 0 Å². The van der Waals surface area contributed by atoms with Gasteiger partial charge in [0.2, 0.25) is 0 Å². The lowest BCUT2D eigenvalue weighted by atomic mass is 9.69. The van der Waals surface area contributed by atoms with Crippen LogP contribution in [0.3, 0.4) is 0 Å². The number of amides is 1. The first-order chi connectivity index (χ1) is 12.5. The largest absolute Gasteiger partial charge is 0.385 e. The van der Waals surface area contributed by atoms with Gasteiger partial charge in [0.05, 0.1) is 5.60 Å². The molecule has 0 saturated carbocycles. The number of H-pyrrole nitrogens is 2. The molecule has 6 nitrogen and oxygen atoms in total. The minimum Gasteiger partial charge on any atom is -0.385 e. The Labute approximate surface area is 153 Å². The molecule has 3 atom stereocenters. The summed E-state index contributed by atoms with van der Waals surface area (Å²) in [5, 5.41) is 11.6. The van der Waals surface area contributed by atoms with Crippen LogP contribution in [-0.4, -0.2) is 38.5 Å². The smallest absolute Gasteiger partial charge is 0.323 e. The van der Waals surface area contributed by atoms with Gasteiger partial charge in [0.15, 0.2) is 0 Å². The number of hydrogen-bond acceptors (Lipinski definition) is 3. The highest BCUT2D eigenvalue weighted by Gasteiger charge is 2.48. The molecule has 0 radical (unpaired) electrons. The van der Waals surface area contributed by atoms with E-state index in [-0.39, 0.29) is 29.3 Å². The molecule has 2 aromatic rings. The lowest BCUT2D eigenvalue weighted by Crippen LogP contribution is -2.57. The summed E-state index contributed by atoms with van der Waals surface area (Å²) in [6.07, 6.45) is 4.42. The number of piperidine rings is 1. The molecule has 3 N–H and O–H groups in total. The number of aliphatic hydroxyl groups is 1. The van der Waals surface area contributed by atoms with Gasteiger partial charge in [-0.2, -0.15) is 0 Å². The SMILES string of the molecule is CCC[C@@H]1[C@H](CC)N(C(=O)c2c[nH]c(=O)[nH]2)CC[C@@]1(O)c1ccccc1. The van der Waals surface area contributed by atoms with E-state index in [2.05, 4.69) is 16.9 Å². The van der Waals surface area contributed by atoms with Crippen LogP contribution in [0.4, 0.5) is 0 Å². The van der Waals surface area contributed by atoms with E-state index in [0.717, 1.165) is 24.8 Å². The summed E-state index contributed by atoms with van der Waals surface area (Å²) in [5.74, 6) is -0.241. The maximum atomic E-state index is 12.9. The lowest BCUT2D eigenvalue weighted by Gasteiger charge is -2.50. The maximum Gasteiger partial charge on any atom is 0.323 e. The molecule has 0 unspecified atom stereocenters. The number of rotatable bonds is 5. The summed E-state index contributed by atoms with van der Waals surface area (Å²) in [7, 11) is 0. The van der Waals surface area contributed by atoms with Crippen molar-refractivity contribution in [1.82, 2.24) is 14.9 Å². The summed E-state index contributed by atoms with van der Waals surface area (Å²) in [6, 6.07) is 9.69. The number of aromatic amines is 2. The maximum absolute atomic E-state index is 12.9. The van der Waals surface area contributed by atoms with Crippen LogP contribution in [0.1, 0.15) is 55.6 Å². The molecule has 1 saturated heterocycles. The Morgan fingerprint density at radius 1 is 1.31 bits per heavy atom. The van der Waals surface area contributed by atoms with Gasteiger partial charge in [-0.3, -0.25) is 4.79 Å². The third-order valence-corrected chi connectivity index (χ3v) is 5.59. The zero-order chi connectivity index (χ0) is 18.7. The average Bonchev–Trinajstić information content (AvgIpc) is 3.10. The number of aromatic nitrogens is 2. The van der Waals surface area contributed by atoms with Crippen molar-refractivity contribution in [2.75, 3.05) is 6.54 Å². The fourth-order valence-corrected chi connectivity index (χ4v) is 4.36. The van der Waals surface area contributed by atoms with Crippen LogP contribution in [0.25, 0.3) is 0 Å². The van der Waals surface area contributed by atoms with E-state index in [1.807, 2.05) is 42.2 Å². The van der Waals surface area contributed by atoms with Gasteiger partial charge in [-0.25, -0.2) is 4.79 Å². The fraction of sp³-hybridized carbons (Fsp3) is 0.500.